The summed E-state index contributed by atoms with van der Waals surface area (Å²) < 4.78 is 4.14. The van der Waals surface area contributed by atoms with Crippen molar-refractivity contribution in [3.05, 3.63) is 16.6 Å². The number of hydrogen-bond acceptors (Lipinski definition) is 4. The lowest BCUT2D eigenvalue weighted by molar-refractivity contribution is 0.0852. The number of aromatic nitrogens is 1. The maximum atomic E-state index is 12.1. The van der Waals surface area contributed by atoms with Crippen molar-refractivity contribution in [2.45, 2.75) is 45.2 Å². The molecule has 0 radical (unpaired) electrons. The molecule has 2 N–H and O–H groups in total. The summed E-state index contributed by atoms with van der Waals surface area (Å²) in [6.07, 6.45) is 1.27. The van der Waals surface area contributed by atoms with Gasteiger partial charge in [-0.3, -0.25) is 4.79 Å². The van der Waals surface area contributed by atoms with Gasteiger partial charge in [0.05, 0.1) is 0 Å². The van der Waals surface area contributed by atoms with Crippen LogP contribution in [0.15, 0.2) is 6.07 Å². The molecule has 1 aromatic heterocycles. The zero-order chi connectivity index (χ0) is 14.7. The van der Waals surface area contributed by atoms with Gasteiger partial charge in [-0.1, -0.05) is 6.92 Å². The summed E-state index contributed by atoms with van der Waals surface area (Å²) >= 11 is 1.35. The minimum absolute atomic E-state index is 0.0138. The average Bonchev–Trinajstić information content (AvgIpc) is 2.87. The highest BCUT2D eigenvalue weighted by Crippen LogP contribution is 2.18. The van der Waals surface area contributed by atoms with Crippen molar-refractivity contribution in [2.24, 2.45) is 0 Å². The van der Waals surface area contributed by atoms with Crippen LogP contribution in [0.5, 0.6) is 0 Å². The molecule has 2 atom stereocenters. The molecule has 1 aromatic rings. The minimum atomic E-state index is -0.894. The number of rotatable bonds is 3. The van der Waals surface area contributed by atoms with E-state index in [1.54, 1.807) is 0 Å². The smallest absolute Gasteiger partial charge is 0.407 e. The molecule has 2 heterocycles. The molecular formula is C13H19N3O3S. The van der Waals surface area contributed by atoms with Crippen molar-refractivity contribution in [3.63, 3.8) is 0 Å². The largest absolute Gasteiger partial charge is 0.465 e. The Morgan fingerprint density at radius 1 is 1.60 bits per heavy atom. The van der Waals surface area contributed by atoms with Crippen molar-refractivity contribution in [1.29, 1.82) is 0 Å². The molecule has 6 nitrogen and oxygen atoms in total. The second-order valence-corrected chi connectivity index (χ2v) is 5.94. The molecule has 0 aromatic carbocycles. The zero-order valence-electron chi connectivity index (χ0n) is 11.6. The average molecular weight is 297 g/mol. The first-order chi connectivity index (χ1) is 9.51. The first-order valence-electron chi connectivity index (χ1n) is 6.77. The van der Waals surface area contributed by atoms with Gasteiger partial charge in [0.2, 0.25) is 0 Å². The van der Waals surface area contributed by atoms with E-state index >= 15 is 0 Å². The molecule has 0 aliphatic carbocycles. The topological polar surface area (TPSA) is 82.5 Å². The number of hydrogen-bond donors (Lipinski definition) is 2. The summed E-state index contributed by atoms with van der Waals surface area (Å²) in [5, 5.41) is 12.0. The number of amides is 2. The molecule has 2 amide bonds. The molecule has 0 bridgehead atoms. The molecular weight excluding hydrogens is 278 g/mol. The van der Waals surface area contributed by atoms with Crippen molar-refractivity contribution in [3.8, 4) is 0 Å². The summed E-state index contributed by atoms with van der Waals surface area (Å²) in [5.74, 6) is -0.165. The second kappa shape index (κ2) is 6.21. The van der Waals surface area contributed by atoms with E-state index in [4.69, 9.17) is 5.11 Å². The summed E-state index contributed by atoms with van der Waals surface area (Å²) in [4.78, 5) is 25.6. The summed E-state index contributed by atoms with van der Waals surface area (Å²) in [6, 6.07) is 1.75. The second-order valence-electron chi connectivity index (χ2n) is 5.05. The predicted molar refractivity (Wildman–Crippen MR) is 76.2 cm³/mol. The molecule has 1 unspecified atom stereocenters. The number of carbonyl (C=O) groups is 2. The molecule has 2 rings (SSSR count). The lowest BCUT2D eigenvalue weighted by Crippen LogP contribution is -2.50. The highest BCUT2D eigenvalue weighted by molar-refractivity contribution is 7.05. The Hall–Kier alpha value is -1.63. The lowest BCUT2D eigenvalue weighted by Gasteiger charge is -2.35. The monoisotopic (exact) mass is 297 g/mol. The van der Waals surface area contributed by atoms with Gasteiger partial charge in [0, 0.05) is 23.5 Å². The fraction of sp³-hybridized carbons (Fsp3) is 0.615. The Morgan fingerprint density at radius 3 is 2.90 bits per heavy atom. The quantitative estimate of drug-likeness (QED) is 0.893. The van der Waals surface area contributed by atoms with Crippen LogP contribution in [-0.2, 0) is 6.42 Å². The third-order valence-corrected chi connectivity index (χ3v) is 4.53. The van der Waals surface area contributed by atoms with Crippen LogP contribution in [0.3, 0.4) is 0 Å². The van der Waals surface area contributed by atoms with Crippen LogP contribution in [0.25, 0.3) is 0 Å². The van der Waals surface area contributed by atoms with Crippen molar-refractivity contribution < 1.29 is 14.7 Å². The van der Waals surface area contributed by atoms with Crippen LogP contribution in [0, 0.1) is 0 Å². The normalized spacial score (nSPS) is 22.6. The molecule has 0 spiro atoms. The highest BCUT2D eigenvalue weighted by atomic mass is 32.1. The SMILES string of the molecule is CCc1cc(C(=O)NC2CCN(C(=O)O)[C@@H](C)C2)ns1. The molecule has 1 aliphatic rings. The summed E-state index contributed by atoms with van der Waals surface area (Å²) in [5.41, 5.74) is 0.458. The number of carbonyl (C=O) groups excluding carboxylic acids is 1. The number of nitrogens with one attached hydrogen (secondary N) is 1. The van der Waals surface area contributed by atoms with Gasteiger partial charge in [0.15, 0.2) is 0 Å². The van der Waals surface area contributed by atoms with E-state index in [0.29, 0.717) is 25.1 Å². The van der Waals surface area contributed by atoms with E-state index in [1.807, 2.05) is 19.9 Å². The molecule has 110 valence electrons. The number of likely N-dealkylation sites (tertiary alicyclic amines) is 1. The zero-order valence-corrected chi connectivity index (χ0v) is 12.4. The Labute approximate surface area is 122 Å². The first kappa shape index (κ1) is 14.8. The Bertz CT molecular complexity index is 503. The van der Waals surface area contributed by atoms with Crippen LogP contribution in [0.2, 0.25) is 0 Å². The van der Waals surface area contributed by atoms with Crippen molar-refractivity contribution in [1.82, 2.24) is 14.6 Å². The van der Waals surface area contributed by atoms with Gasteiger partial charge in [-0.15, -0.1) is 0 Å². The van der Waals surface area contributed by atoms with E-state index in [-0.39, 0.29) is 18.0 Å². The van der Waals surface area contributed by atoms with Crippen LogP contribution in [-0.4, -0.2) is 45.0 Å². The highest BCUT2D eigenvalue weighted by Gasteiger charge is 2.29. The lowest BCUT2D eigenvalue weighted by atomic mass is 9.98. The number of carboxylic acid groups (broad SMARTS) is 1. The third-order valence-electron chi connectivity index (χ3n) is 3.60. The third kappa shape index (κ3) is 3.27. The van der Waals surface area contributed by atoms with Gasteiger partial charge < -0.3 is 15.3 Å². The Kier molecular flexibility index (Phi) is 4.59. The first-order valence-corrected chi connectivity index (χ1v) is 7.54. The van der Waals surface area contributed by atoms with Crippen LogP contribution >= 0.6 is 11.5 Å². The molecule has 1 saturated heterocycles. The molecule has 7 heteroatoms. The molecule has 1 fully saturated rings. The maximum absolute atomic E-state index is 12.1. The van der Waals surface area contributed by atoms with Crippen LogP contribution < -0.4 is 5.32 Å². The van der Waals surface area contributed by atoms with Gasteiger partial charge in [0.25, 0.3) is 5.91 Å². The van der Waals surface area contributed by atoms with Crippen molar-refractivity contribution >= 4 is 23.5 Å². The van der Waals surface area contributed by atoms with E-state index in [2.05, 4.69) is 9.69 Å². The van der Waals surface area contributed by atoms with Gasteiger partial charge in [-0.2, -0.15) is 4.37 Å². The van der Waals surface area contributed by atoms with Crippen LogP contribution in [0.4, 0.5) is 4.79 Å². The summed E-state index contributed by atoms with van der Waals surface area (Å²) in [7, 11) is 0. The summed E-state index contributed by atoms with van der Waals surface area (Å²) in [6.45, 7) is 4.35. The van der Waals surface area contributed by atoms with E-state index in [9.17, 15) is 9.59 Å². The Balaban J connectivity index is 1.91. The molecule has 1 aliphatic heterocycles. The van der Waals surface area contributed by atoms with Gasteiger partial charge in [-0.25, -0.2) is 4.79 Å². The maximum Gasteiger partial charge on any atom is 0.407 e. The van der Waals surface area contributed by atoms with Gasteiger partial charge in [-0.05, 0) is 43.8 Å². The number of aryl methyl sites for hydroxylation is 1. The van der Waals surface area contributed by atoms with E-state index < -0.39 is 6.09 Å². The minimum Gasteiger partial charge on any atom is -0.465 e. The number of piperidine rings is 1. The van der Waals surface area contributed by atoms with Gasteiger partial charge in [0.1, 0.15) is 5.69 Å². The van der Waals surface area contributed by atoms with E-state index in [1.165, 1.54) is 16.4 Å². The Morgan fingerprint density at radius 2 is 2.35 bits per heavy atom. The predicted octanol–water partition coefficient (Wildman–Crippen LogP) is 1.97. The van der Waals surface area contributed by atoms with Crippen molar-refractivity contribution in [2.75, 3.05) is 6.54 Å². The van der Waals surface area contributed by atoms with Gasteiger partial charge >= 0.3 is 6.09 Å². The fourth-order valence-electron chi connectivity index (χ4n) is 2.43. The van der Waals surface area contributed by atoms with E-state index in [0.717, 1.165) is 11.3 Å². The molecule has 0 saturated carbocycles. The fourth-order valence-corrected chi connectivity index (χ4v) is 3.08. The van der Waals surface area contributed by atoms with Crippen LogP contribution in [0.1, 0.15) is 42.1 Å². The molecule has 20 heavy (non-hydrogen) atoms. The number of nitrogens with zero attached hydrogens (tertiary/aromatic N) is 2. The standard InChI is InChI=1S/C13H19N3O3S/c1-3-10-7-11(15-20-10)12(17)14-9-4-5-16(13(18)19)8(2)6-9/h7-9H,3-6H2,1-2H3,(H,14,17)(H,18,19)/t8-,9?/m0/s1.